The summed E-state index contributed by atoms with van der Waals surface area (Å²) in [7, 11) is 0. The molecule has 0 aliphatic carbocycles. The average Bonchev–Trinajstić information content (AvgIpc) is 2.96. The van der Waals surface area contributed by atoms with Crippen molar-refractivity contribution in [3.05, 3.63) is 89.5 Å². The van der Waals surface area contributed by atoms with Crippen LogP contribution in [0.25, 0.3) is 17.2 Å². The molecule has 1 fully saturated rings. The number of carbonyl (C=O) groups excluding carboxylic acids is 3. The summed E-state index contributed by atoms with van der Waals surface area (Å²) in [5.74, 6) is -0.581. The summed E-state index contributed by atoms with van der Waals surface area (Å²) in [5.41, 5.74) is 5.40. The first-order valence-corrected chi connectivity index (χ1v) is 14.2. The van der Waals surface area contributed by atoms with Gasteiger partial charge in [-0.1, -0.05) is 48.0 Å². The van der Waals surface area contributed by atoms with Gasteiger partial charge < -0.3 is 24.6 Å². The van der Waals surface area contributed by atoms with Crippen molar-refractivity contribution in [1.82, 2.24) is 4.90 Å². The molecule has 3 aromatic rings. The van der Waals surface area contributed by atoms with E-state index in [0.717, 1.165) is 27.9 Å². The van der Waals surface area contributed by atoms with Crippen molar-refractivity contribution in [2.75, 3.05) is 43.0 Å². The van der Waals surface area contributed by atoms with E-state index in [1.165, 1.54) is 6.08 Å². The quantitative estimate of drug-likeness (QED) is 0.257. The van der Waals surface area contributed by atoms with E-state index in [4.69, 9.17) is 9.47 Å². The number of nitrogens with one attached hydrogen (secondary N) is 1. The molecule has 1 aliphatic rings. The Kier molecular flexibility index (Phi) is 9.68. The highest BCUT2D eigenvalue weighted by atomic mass is 16.6. The molecule has 0 saturated carbocycles. The van der Waals surface area contributed by atoms with Crippen LogP contribution in [-0.4, -0.2) is 61.3 Å². The van der Waals surface area contributed by atoms with Crippen molar-refractivity contribution < 1.29 is 23.9 Å². The number of piperazine rings is 1. The summed E-state index contributed by atoms with van der Waals surface area (Å²) in [6.07, 6.45) is 2.81. The lowest BCUT2D eigenvalue weighted by atomic mass is 10.0. The van der Waals surface area contributed by atoms with E-state index in [0.29, 0.717) is 44.0 Å². The van der Waals surface area contributed by atoms with E-state index in [1.54, 1.807) is 17.9 Å². The van der Waals surface area contributed by atoms with E-state index >= 15 is 0 Å². The van der Waals surface area contributed by atoms with Crippen LogP contribution in [0, 0.1) is 6.92 Å². The van der Waals surface area contributed by atoms with Crippen LogP contribution in [0.3, 0.4) is 0 Å². The van der Waals surface area contributed by atoms with Crippen LogP contribution in [0.2, 0.25) is 0 Å². The SMILES string of the molecule is CCOC(=O)/C=C/c1ccc(-c2ccc(N3CCN(C(=O)OC(C)(C)C)CC3)cc2NC(=O)c2ccc(C)cc2)cc1. The van der Waals surface area contributed by atoms with Crippen molar-refractivity contribution in [2.45, 2.75) is 40.2 Å². The smallest absolute Gasteiger partial charge is 0.410 e. The van der Waals surface area contributed by atoms with Crippen LogP contribution < -0.4 is 10.2 Å². The summed E-state index contributed by atoms with van der Waals surface area (Å²) in [6, 6.07) is 21.2. The van der Waals surface area contributed by atoms with Crippen molar-refractivity contribution in [2.24, 2.45) is 0 Å². The maximum atomic E-state index is 13.2. The second-order valence-corrected chi connectivity index (χ2v) is 11.2. The first-order chi connectivity index (χ1) is 20.0. The molecule has 0 unspecified atom stereocenters. The molecule has 3 aromatic carbocycles. The molecule has 4 rings (SSSR count). The zero-order valence-electron chi connectivity index (χ0n) is 25.0. The van der Waals surface area contributed by atoms with Crippen LogP contribution in [0.1, 0.15) is 49.2 Å². The lowest BCUT2D eigenvalue weighted by Gasteiger charge is -2.37. The molecule has 0 aromatic heterocycles. The van der Waals surface area contributed by atoms with Gasteiger partial charge in [0.2, 0.25) is 0 Å². The van der Waals surface area contributed by atoms with Crippen molar-refractivity contribution in [3.63, 3.8) is 0 Å². The number of rotatable bonds is 7. The third-order valence-corrected chi connectivity index (χ3v) is 6.78. The summed E-state index contributed by atoms with van der Waals surface area (Å²) in [4.78, 5) is 41.4. The molecule has 8 nitrogen and oxygen atoms in total. The molecule has 0 radical (unpaired) electrons. The van der Waals surface area contributed by atoms with Gasteiger partial charge in [-0.05, 0) is 76.1 Å². The van der Waals surface area contributed by atoms with E-state index in [9.17, 15) is 14.4 Å². The van der Waals surface area contributed by atoms with Gasteiger partial charge in [0.05, 0.1) is 12.3 Å². The number of carbonyl (C=O) groups is 3. The summed E-state index contributed by atoms with van der Waals surface area (Å²) < 4.78 is 10.5. The first-order valence-electron chi connectivity index (χ1n) is 14.2. The number of anilines is 2. The largest absolute Gasteiger partial charge is 0.463 e. The average molecular weight is 570 g/mol. The van der Waals surface area contributed by atoms with Crippen molar-refractivity contribution >= 4 is 35.4 Å². The van der Waals surface area contributed by atoms with Crippen LogP contribution >= 0.6 is 0 Å². The second-order valence-electron chi connectivity index (χ2n) is 11.2. The Bertz CT molecular complexity index is 1430. The molecular formula is C34H39N3O5. The van der Waals surface area contributed by atoms with Gasteiger partial charge in [0, 0.05) is 49.1 Å². The molecule has 1 aliphatic heterocycles. The van der Waals surface area contributed by atoms with Crippen molar-refractivity contribution in [1.29, 1.82) is 0 Å². The highest BCUT2D eigenvalue weighted by Crippen LogP contribution is 2.33. The van der Waals surface area contributed by atoms with Gasteiger partial charge in [-0.15, -0.1) is 0 Å². The number of benzene rings is 3. The van der Waals surface area contributed by atoms with E-state index < -0.39 is 5.60 Å². The Morgan fingerprint density at radius 2 is 1.57 bits per heavy atom. The molecule has 1 saturated heterocycles. The third-order valence-electron chi connectivity index (χ3n) is 6.78. The molecule has 8 heteroatoms. The van der Waals surface area contributed by atoms with Crippen LogP contribution in [-0.2, 0) is 14.3 Å². The lowest BCUT2D eigenvalue weighted by molar-refractivity contribution is -0.137. The van der Waals surface area contributed by atoms with Gasteiger partial charge in [0.25, 0.3) is 5.91 Å². The highest BCUT2D eigenvalue weighted by Gasteiger charge is 2.26. The molecule has 1 heterocycles. The fourth-order valence-electron chi connectivity index (χ4n) is 4.59. The van der Waals surface area contributed by atoms with Crippen LogP contribution in [0.5, 0.6) is 0 Å². The van der Waals surface area contributed by atoms with E-state index in [-0.39, 0.29) is 18.0 Å². The minimum Gasteiger partial charge on any atom is -0.463 e. The second kappa shape index (κ2) is 13.4. The lowest BCUT2D eigenvalue weighted by Crippen LogP contribution is -2.50. The number of amides is 2. The highest BCUT2D eigenvalue weighted by molar-refractivity contribution is 6.06. The summed E-state index contributed by atoms with van der Waals surface area (Å²) >= 11 is 0. The standard InChI is InChI=1S/C34H39N3O5/c1-6-41-31(38)18-11-25-9-14-26(15-10-25)29-17-16-28(23-30(29)35-32(39)27-12-7-24(2)8-13-27)36-19-21-37(22-20-36)33(40)42-34(3,4)5/h7-18,23H,6,19-22H2,1-5H3,(H,35,39)/b18-11+. The first kappa shape index (κ1) is 30.4. The molecule has 220 valence electrons. The molecule has 0 bridgehead atoms. The van der Waals surface area contributed by atoms with Gasteiger partial charge in [-0.2, -0.15) is 0 Å². The fourth-order valence-corrected chi connectivity index (χ4v) is 4.59. The predicted molar refractivity (Wildman–Crippen MR) is 167 cm³/mol. The maximum absolute atomic E-state index is 13.2. The third kappa shape index (κ3) is 8.22. The summed E-state index contributed by atoms with van der Waals surface area (Å²) in [5, 5.41) is 3.12. The summed E-state index contributed by atoms with van der Waals surface area (Å²) in [6.45, 7) is 12.0. The van der Waals surface area contributed by atoms with Gasteiger partial charge in [-0.3, -0.25) is 4.79 Å². The minimum atomic E-state index is -0.538. The number of hydrogen-bond donors (Lipinski definition) is 1. The van der Waals surface area contributed by atoms with Gasteiger partial charge in [0.1, 0.15) is 5.60 Å². The number of ether oxygens (including phenoxy) is 2. The van der Waals surface area contributed by atoms with Gasteiger partial charge in [0.15, 0.2) is 0 Å². The molecule has 42 heavy (non-hydrogen) atoms. The minimum absolute atomic E-state index is 0.197. The predicted octanol–water partition coefficient (Wildman–Crippen LogP) is 6.55. The van der Waals surface area contributed by atoms with E-state index in [2.05, 4.69) is 10.2 Å². The topological polar surface area (TPSA) is 88.2 Å². The zero-order valence-corrected chi connectivity index (χ0v) is 25.0. The Labute approximate surface area is 247 Å². The Hall–Kier alpha value is -4.59. The zero-order chi connectivity index (χ0) is 30.3. The normalized spacial score (nSPS) is 13.6. The van der Waals surface area contributed by atoms with Crippen LogP contribution in [0.4, 0.5) is 16.2 Å². The van der Waals surface area contributed by atoms with Gasteiger partial charge >= 0.3 is 12.1 Å². The molecule has 2 amide bonds. The molecule has 1 N–H and O–H groups in total. The Morgan fingerprint density at radius 3 is 2.19 bits per heavy atom. The number of aryl methyl sites for hydroxylation is 1. The Morgan fingerprint density at radius 1 is 0.905 bits per heavy atom. The molecule has 0 atom stereocenters. The monoisotopic (exact) mass is 569 g/mol. The molecular weight excluding hydrogens is 530 g/mol. The van der Waals surface area contributed by atoms with E-state index in [1.807, 2.05) is 94.4 Å². The Balaban J connectivity index is 1.57. The number of nitrogens with zero attached hydrogens (tertiary/aromatic N) is 2. The maximum Gasteiger partial charge on any atom is 0.410 e. The van der Waals surface area contributed by atoms with Crippen molar-refractivity contribution in [3.8, 4) is 11.1 Å². The van der Waals surface area contributed by atoms with Gasteiger partial charge in [-0.25, -0.2) is 9.59 Å². The number of hydrogen-bond acceptors (Lipinski definition) is 6. The fraction of sp³-hybridized carbons (Fsp3) is 0.324. The van der Waals surface area contributed by atoms with Crippen LogP contribution in [0.15, 0.2) is 72.8 Å². The molecule has 0 spiro atoms. The number of esters is 1.